The van der Waals surface area contributed by atoms with Crippen LogP contribution in [0, 0.1) is 10.1 Å². The summed E-state index contributed by atoms with van der Waals surface area (Å²) in [5.41, 5.74) is 1.07. The summed E-state index contributed by atoms with van der Waals surface area (Å²) in [5.74, 6) is 5.02. The first-order valence-electron chi connectivity index (χ1n) is 4.88. The van der Waals surface area contributed by atoms with Crippen LogP contribution in [-0.4, -0.2) is 26.1 Å². The van der Waals surface area contributed by atoms with Gasteiger partial charge in [-0.05, 0) is 6.07 Å². The number of hydrogen-bond acceptors (Lipinski definition) is 6. The molecule has 0 fully saturated rings. The molecule has 0 radical (unpaired) electrons. The van der Waals surface area contributed by atoms with Crippen LogP contribution >= 0.6 is 0 Å². The maximum atomic E-state index is 12.0. The summed E-state index contributed by atoms with van der Waals surface area (Å²) >= 11 is 0. The average molecular weight is 314 g/mol. The van der Waals surface area contributed by atoms with Gasteiger partial charge in [0.25, 0.3) is 5.69 Å². The number of non-ortho nitro benzene ring substituents is 1. The van der Waals surface area contributed by atoms with Crippen molar-refractivity contribution in [1.29, 1.82) is 0 Å². The minimum absolute atomic E-state index is 0.273. The summed E-state index contributed by atoms with van der Waals surface area (Å²) in [6, 6.07) is 2.53. The Morgan fingerprint density at radius 2 is 1.95 bits per heavy atom. The molecule has 0 aliphatic heterocycles. The van der Waals surface area contributed by atoms with Crippen molar-refractivity contribution in [3.05, 3.63) is 28.3 Å². The lowest BCUT2D eigenvalue weighted by molar-refractivity contribution is -0.385. The number of nitro groups is 1. The van der Waals surface area contributed by atoms with Gasteiger partial charge in [0.15, 0.2) is 0 Å². The van der Waals surface area contributed by atoms with Gasteiger partial charge in [-0.25, -0.2) is 13.1 Å². The first-order valence-corrected chi connectivity index (χ1v) is 6.36. The van der Waals surface area contributed by atoms with Crippen molar-refractivity contribution >= 4 is 21.4 Å². The number of nitrogens with two attached hydrogens (primary N) is 1. The van der Waals surface area contributed by atoms with Crippen molar-refractivity contribution in [2.24, 2.45) is 5.84 Å². The van der Waals surface area contributed by atoms with Crippen LogP contribution in [0.3, 0.4) is 0 Å². The Morgan fingerprint density at radius 3 is 2.40 bits per heavy atom. The highest BCUT2D eigenvalue weighted by Crippen LogP contribution is 2.26. The second kappa shape index (κ2) is 5.60. The van der Waals surface area contributed by atoms with Gasteiger partial charge in [-0.2, -0.15) is 13.2 Å². The van der Waals surface area contributed by atoms with Gasteiger partial charge >= 0.3 is 6.18 Å². The number of hydrogen-bond donors (Lipinski definition) is 3. The molecule has 4 N–H and O–H groups in total. The van der Waals surface area contributed by atoms with Gasteiger partial charge in [-0.15, -0.1) is 0 Å². The summed E-state index contributed by atoms with van der Waals surface area (Å²) in [6.45, 7) is -1.80. The second-order valence-electron chi connectivity index (χ2n) is 3.52. The highest BCUT2D eigenvalue weighted by atomic mass is 32.2. The van der Waals surface area contributed by atoms with Gasteiger partial charge in [-0.3, -0.25) is 16.0 Å². The minimum Gasteiger partial charge on any atom is -0.323 e. The number of nitrogens with zero attached hydrogens (tertiary/aromatic N) is 1. The van der Waals surface area contributed by atoms with E-state index in [-0.39, 0.29) is 5.69 Å². The van der Waals surface area contributed by atoms with E-state index in [0.29, 0.717) is 6.07 Å². The molecular formula is C8H9F3N4O4S. The molecule has 1 rings (SSSR count). The zero-order valence-corrected chi connectivity index (χ0v) is 10.5. The molecule has 1 aromatic rings. The van der Waals surface area contributed by atoms with Crippen molar-refractivity contribution in [1.82, 2.24) is 4.72 Å². The minimum atomic E-state index is -4.76. The Kier molecular flexibility index (Phi) is 4.52. The maximum Gasteiger partial charge on any atom is 0.402 e. The molecule has 1 aromatic carbocycles. The van der Waals surface area contributed by atoms with Crippen LogP contribution in [0.15, 0.2) is 23.1 Å². The molecule has 0 spiro atoms. The number of rotatable bonds is 5. The Morgan fingerprint density at radius 1 is 1.35 bits per heavy atom. The molecule has 0 heterocycles. The first-order chi connectivity index (χ1) is 9.07. The maximum absolute atomic E-state index is 12.0. The Bertz CT molecular complexity index is 617. The lowest BCUT2D eigenvalue weighted by Gasteiger charge is -2.12. The zero-order valence-electron chi connectivity index (χ0n) is 9.64. The van der Waals surface area contributed by atoms with E-state index >= 15 is 0 Å². The fourth-order valence-corrected chi connectivity index (χ4v) is 2.42. The molecule has 12 heteroatoms. The predicted molar refractivity (Wildman–Crippen MR) is 62.2 cm³/mol. The summed E-state index contributed by atoms with van der Waals surface area (Å²) < 4.78 is 60.7. The van der Waals surface area contributed by atoms with E-state index in [1.165, 1.54) is 4.72 Å². The molecule has 0 aromatic heterocycles. The quantitative estimate of drug-likeness (QED) is 0.417. The zero-order chi connectivity index (χ0) is 15.6. The molecule has 112 valence electrons. The second-order valence-corrected chi connectivity index (χ2v) is 5.26. The molecule has 0 unspecified atom stereocenters. The number of sulfonamides is 1. The number of benzene rings is 1. The van der Waals surface area contributed by atoms with E-state index < -0.39 is 38.3 Å². The molecule has 0 aliphatic rings. The monoisotopic (exact) mass is 314 g/mol. The van der Waals surface area contributed by atoms with Crippen molar-refractivity contribution in [2.45, 2.75) is 11.1 Å². The number of alkyl halides is 3. The average Bonchev–Trinajstić information content (AvgIpc) is 2.35. The van der Waals surface area contributed by atoms with Gasteiger partial charge in [-0.1, -0.05) is 0 Å². The van der Waals surface area contributed by atoms with Crippen molar-refractivity contribution in [3.8, 4) is 0 Å². The third-order valence-electron chi connectivity index (χ3n) is 2.08. The van der Waals surface area contributed by atoms with Gasteiger partial charge in [0.2, 0.25) is 10.0 Å². The molecule has 20 heavy (non-hydrogen) atoms. The van der Waals surface area contributed by atoms with E-state index in [2.05, 4.69) is 0 Å². The van der Waals surface area contributed by atoms with Gasteiger partial charge in [0.05, 0.1) is 10.6 Å². The topological polar surface area (TPSA) is 127 Å². The number of nitrogen functional groups attached to an aromatic ring is 1. The smallest absolute Gasteiger partial charge is 0.323 e. The Hall–Kier alpha value is -1.92. The van der Waals surface area contributed by atoms with Crippen LogP contribution in [0.5, 0.6) is 0 Å². The van der Waals surface area contributed by atoms with Gasteiger partial charge in [0, 0.05) is 12.1 Å². The number of nitrogens with one attached hydrogen (secondary N) is 2. The molecule has 0 bridgehead atoms. The normalized spacial score (nSPS) is 12.2. The predicted octanol–water partition coefficient (Wildman–Crippen LogP) is 0.721. The number of hydrazine groups is 1. The van der Waals surface area contributed by atoms with E-state index in [1.54, 1.807) is 0 Å². The van der Waals surface area contributed by atoms with E-state index in [1.807, 2.05) is 5.43 Å². The lowest BCUT2D eigenvalue weighted by atomic mass is 10.3. The van der Waals surface area contributed by atoms with Crippen LogP contribution < -0.4 is 16.0 Å². The van der Waals surface area contributed by atoms with Crippen LogP contribution in [0.4, 0.5) is 24.5 Å². The number of halogens is 3. The molecule has 0 aliphatic carbocycles. The first kappa shape index (κ1) is 16.1. The largest absolute Gasteiger partial charge is 0.402 e. The summed E-state index contributed by atoms with van der Waals surface area (Å²) in [6.07, 6.45) is -4.76. The summed E-state index contributed by atoms with van der Waals surface area (Å²) in [5, 5.41) is 10.6. The van der Waals surface area contributed by atoms with E-state index in [4.69, 9.17) is 5.84 Å². The highest BCUT2D eigenvalue weighted by molar-refractivity contribution is 7.89. The van der Waals surface area contributed by atoms with E-state index in [0.717, 1.165) is 12.1 Å². The molecule has 0 saturated carbocycles. The summed E-state index contributed by atoms with van der Waals surface area (Å²) in [7, 11) is -4.61. The van der Waals surface area contributed by atoms with Gasteiger partial charge < -0.3 is 5.43 Å². The highest BCUT2D eigenvalue weighted by Gasteiger charge is 2.31. The van der Waals surface area contributed by atoms with Gasteiger partial charge in [0.1, 0.15) is 11.4 Å². The third-order valence-corrected chi connectivity index (χ3v) is 3.52. The lowest BCUT2D eigenvalue weighted by Crippen LogP contribution is -2.34. The molecule has 0 atom stereocenters. The van der Waals surface area contributed by atoms with E-state index in [9.17, 15) is 31.7 Å². The standard InChI is InChI=1S/C8H9F3N4O4S/c9-8(10,11)4-13-20(18,19)7-3-5(15(16)17)1-2-6(7)14-12/h1-3,13-14H,4,12H2. The molecule has 0 saturated heterocycles. The third kappa shape index (κ3) is 4.04. The molecule has 0 amide bonds. The van der Waals surface area contributed by atoms with Crippen LogP contribution in [0.25, 0.3) is 0 Å². The molecule has 8 nitrogen and oxygen atoms in total. The Labute approximate surface area is 110 Å². The number of anilines is 1. The van der Waals surface area contributed by atoms with Crippen LogP contribution in [0.1, 0.15) is 0 Å². The Balaban J connectivity index is 3.21. The van der Waals surface area contributed by atoms with Crippen molar-refractivity contribution < 1.29 is 26.5 Å². The van der Waals surface area contributed by atoms with Crippen LogP contribution in [0.2, 0.25) is 0 Å². The summed E-state index contributed by atoms with van der Waals surface area (Å²) in [4.78, 5) is 8.92. The SMILES string of the molecule is NNc1ccc([N+](=O)[O-])cc1S(=O)(=O)NCC(F)(F)F. The number of nitro benzene ring substituents is 1. The fraction of sp³-hybridized carbons (Fsp3) is 0.250. The van der Waals surface area contributed by atoms with Crippen molar-refractivity contribution in [3.63, 3.8) is 0 Å². The molecular weight excluding hydrogens is 305 g/mol. The van der Waals surface area contributed by atoms with Crippen LogP contribution in [-0.2, 0) is 10.0 Å². The van der Waals surface area contributed by atoms with Crippen molar-refractivity contribution in [2.75, 3.05) is 12.0 Å². The fourth-order valence-electron chi connectivity index (χ4n) is 1.22.